The van der Waals surface area contributed by atoms with Crippen LogP contribution in [-0.4, -0.2) is 10.1 Å². The molecule has 12 heavy (non-hydrogen) atoms. The van der Waals surface area contributed by atoms with Crippen LogP contribution in [0.25, 0.3) is 0 Å². The molecule has 1 aromatic rings. The lowest BCUT2D eigenvalue weighted by atomic mass is 9.98. The van der Waals surface area contributed by atoms with Crippen LogP contribution >= 0.6 is 0 Å². The van der Waals surface area contributed by atoms with Crippen LogP contribution in [0.3, 0.4) is 0 Å². The van der Waals surface area contributed by atoms with E-state index in [1.807, 2.05) is 18.2 Å². The molecular weight excluding hydrogens is 150 g/mol. The van der Waals surface area contributed by atoms with Crippen LogP contribution in [0.5, 0.6) is 0 Å². The van der Waals surface area contributed by atoms with Crippen LogP contribution < -0.4 is 0 Å². The van der Waals surface area contributed by atoms with Crippen LogP contribution in [0.4, 0.5) is 0 Å². The molecule has 0 bridgehead atoms. The summed E-state index contributed by atoms with van der Waals surface area (Å²) in [5.74, 6) is 0. The zero-order valence-corrected chi connectivity index (χ0v) is 7.20. The molecule has 2 nitrogen and oxygen atoms in total. The number of hydrogen-bond donors (Lipinski definition) is 1. The summed E-state index contributed by atoms with van der Waals surface area (Å²) < 4.78 is 0. The van der Waals surface area contributed by atoms with E-state index in [-0.39, 0.29) is 0 Å². The SMILES string of the molecule is C=CCC(C)(O)c1ccccn1. The summed E-state index contributed by atoms with van der Waals surface area (Å²) in [4.78, 5) is 4.07. The van der Waals surface area contributed by atoms with Crippen molar-refractivity contribution >= 4 is 0 Å². The molecule has 0 saturated heterocycles. The average Bonchev–Trinajstić information content (AvgIpc) is 2.06. The summed E-state index contributed by atoms with van der Waals surface area (Å²) >= 11 is 0. The first kappa shape index (κ1) is 8.94. The zero-order chi connectivity index (χ0) is 9.03. The number of nitrogens with zero attached hydrogens (tertiary/aromatic N) is 1. The van der Waals surface area contributed by atoms with E-state index in [4.69, 9.17) is 0 Å². The number of hydrogen-bond acceptors (Lipinski definition) is 2. The Bertz CT molecular complexity index is 254. The summed E-state index contributed by atoms with van der Waals surface area (Å²) in [5.41, 5.74) is -0.201. The molecule has 1 aromatic heterocycles. The maximum Gasteiger partial charge on any atom is 0.107 e. The molecule has 0 aromatic carbocycles. The van der Waals surface area contributed by atoms with Gasteiger partial charge in [0.25, 0.3) is 0 Å². The molecule has 0 aliphatic heterocycles. The minimum atomic E-state index is -0.886. The van der Waals surface area contributed by atoms with Gasteiger partial charge in [-0.25, -0.2) is 0 Å². The minimum absolute atomic E-state index is 0.518. The molecule has 1 rings (SSSR count). The Labute approximate surface area is 72.6 Å². The van der Waals surface area contributed by atoms with Gasteiger partial charge in [-0.05, 0) is 25.5 Å². The summed E-state index contributed by atoms with van der Waals surface area (Å²) in [6.07, 6.45) is 3.88. The highest BCUT2D eigenvalue weighted by Gasteiger charge is 2.21. The molecule has 0 saturated carbocycles. The first-order valence-electron chi connectivity index (χ1n) is 3.91. The normalized spacial score (nSPS) is 15.2. The molecule has 1 unspecified atom stereocenters. The maximum absolute atomic E-state index is 9.85. The van der Waals surface area contributed by atoms with Crippen LogP contribution in [0.15, 0.2) is 37.1 Å². The van der Waals surface area contributed by atoms with Crippen molar-refractivity contribution in [1.29, 1.82) is 0 Å². The number of aromatic nitrogens is 1. The Kier molecular flexibility index (Phi) is 2.61. The van der Waals surface area contributed by atoms with Crippen LogP contribution in [0, 0.1) is 0 Å². The second kappa shape index (κ2) is 3.50. The van der Waals surface area contributed by atoms with E-state index in [2.05, 4.69) is 11.6 Å². The number of rotatable bonds is 3. The van der Waals surface area contributed by atoms with Gasteiger partial charge >= 0.3 is 0 Å². The van der Waals surface area contributed by atoms with Crippen LogP contribution in [0.2, 0.25) is 0 Å². The predicted octanol–water partition coefficient (Wildman–Crippen LogP) is 1.87. The van der Waals surface area contributed by atoms with Gasteiger partial charge < -0.3 is 5.11 Å². The Morgan fingerprint density at radius 1 is 1.67 bits per heavy atom. The Balaban J connectivity index is 2.89. The molecule has 0 radical (unpaired) electrons. The van der Waals surface area contributed by atoms with Gasteiger partial charge in [0, 0.05) is 6.20 Å². The summed E-state index contributed by atoms with van der Waals surface area (Å²) in [6, 6.07) is 5.50. The molecule has 0 amide bonds. The molecule has 64 valence electrons. The van der Waals surface area contributed by atoms with Gasteiger partial charge in [0.2, 0.25) is 0 Å². The van der Waals surface area contributed by atoms with Crippen molar-refractivity contribution < 1.29 is 5.11 Å². The molecule has 1 atom stereocenters. The smallest absolute Gasteiger partial charge is 0.107 e. The lowest BCUT2D eigenvalue weighted by molar-refractivity contribution is 0.0560. The highest BCUT2D eigenvalue weighted by atomic mass is 16.3. The van der Waals surface area contributed by atoms with Crippen LogP contribution in [0.1, 0.15) is 19.0 Å². The molecule has 2 heteroatoms. The second-order valence-electron chi connectivity index (χ2n) is 2.98. The Hall–Kier alpha value is -1.15. The van der Waals surface area contributed by atoms with Crippen molar-refractivity contribution in [2.75, 3.05) is 0 Å². The van der Waals surface area contributed by atoms with Crippen molar-refractivity contribution in [3.63, 3.8) is 0 Å². The third-order valence-corrected chi connectivity index (χ3v) is 1.76. The highest BCUT2D eigenvalue weighted by Crippen LogP contribution is 2.21. The molecule has 0 fully saturated rings. The van der Waals surface area contributed by atoms with Crippen molar-refractivity contribution in [3.8, 4) is 0 Å². The fourth-order valence-corrected chi connectivity index (χ4v) is 1.07. The van der Waals surface area contributed by atoms with Crippen molar-refractivity contribution in [2.24, 2.45) is 0 Å². The highest BCUT2D eigenvalue weighted by molar-refractivity contribution is 5.12. The summed E-state index contributed by atoms with van der Waals surface area (Å²) in [6.45, 7) is 5.32. The Morgan fingerprint density at radius 3 is 2.92 bits per heavy atom. The molecule has 0 aliphatic carbocycles. The van der Waals surface area contributed by atoms with E-state index in [0.29, 0.717) is 12.1 Å². The molecule has 1 N–H and O–H groups in total. The quantitative estimate of drug-likeness (QED) is 0.690. The molecule has 0 spiro atoms. The molecular formula is C10H13NO. The van der Waals surface area contributed by atoms with Crippen molar-refractivity contribution in [1.82, 2.24) is 4.98 Å². The van der Waals surface area contributed by atoms with Gasteiger partial charge in [-0.15, -0.1) is 6.58 Å². The molecule has 0 aliphatic rings. The predicted molar refractivity (Wildman–Crippen MR) is 48.6 cm³/mol. The summed E-state index contributed by atoms with van der Waals surface area (Å²) in [7, 11) is 0. The first-order chi connectivity index (χ1) is 5.67. The largest absolute Gasteiger partial charge is 0.384 e. The van der Waals surface area contributed by atoms with Gasteiger partial charge in [-0.3, -0.25) is 4.98 Å². The fraction of sp³-hybridized carbons (Fsp3) is 0.300. The van der Waals surface area contributed by atoms with Crippen molar-refractivity contribution in [2.45, 2.75) is 18.9 Å². The third-order valence-electron chi connectivity index (χ3n) is 1.76. The standard InChI is InChI=1S/C10H13NO/c1-3-7-10(2,12)9-6-4-5-8-11-9/h3-6,8,12H,1,7H2,2H3. The first-order valence-corrected chi connectivity index (χ1v) is 3.91. The van der Waals surface area contributed by atoms with E-state index in [1.165, 1.54) is 0 Å². The van der Waals surface area contributed by atoms with E-state index in [1.54, 1.807) is 19.2 Å². The van der Waals surface area contributed by atoms with Crippen molar-refractivity contribution in [3.05, 3.63) is 42.7 Å². The fourth-order valence-electron chi connectivity index (χ4n) is 1.07. The minimum Gasteiger partial charge on any atom is -0.384 e. The van der Waals surface area contributed by atoms with Crippen LogP contribution in [-0.2, 0) is 5.60 Å². The van der Waals surface area contributed by atoms with Gasteiger partial charge in [0.05, 0.1) is 5.69 Å². The summed E-state index contributed by atoms with van der Waals surface area (Å²) in [5, 5.41) is 9.85. The topological polar surface area (TPSA) is 33.1 Å². The van der Waals surface area contributed by atoms with E-state index < -0.39 is 5.60 Å². The number of pyridine rings is 1. The second-order valence-corrected chi connectivity index (χ2v) is 2.98. The maximum atomic E-state index is 9.85. The number of aliphatic hydroxyl groups is 1. The average molecular weight is 163 g/mol. The van der Waals surface area contributed by atoms with E-state index in [0.717, 1.165) is 0 Å². The lowest BCUT2D eigenvalue weighted by Gasteiger charge is -2.20. The van der Waals surface area contributed by atoms with E-state index in [9.17, 15) is 5.11 Å². The monoisotopic (exact) mass is 163 g/mol. The Morgan fingerprint density at radius 2 is 2.42 bits per heavy atom. The molecule has 1 heterocycles. The van der Waals surface area contributed by atoms with Gasteiger partial charge in [0.1, 0.15) is 5.60 Å². The lowest BCUT2D eigenvalue weighted by Crippen LogP contribution is -2.21. The van der Waals surface area contributed by atoms with Gasteiger partial charge in [-0.2, -0.15) is 0 Å². The van der Waals surface area contributed by atoms with Gasteiger partial charge in [0.15, 0.2) is 0 Å². The zero-order valence-electron chi connectivity index (χ0n) is 7.20. The third kappa shape index (κ3) is 1.92. The van der Waals surface area contributed by atoms with Gasteiger partial charge in [-0.1, -0.05) is 12.1 Å². The van der Waals surface area contributed by atoms with E-state index >= 15 is 0 Å².